The maximum Gasteiger partial charge on any atom is 0.504 e. The van der Waals surface area contributed by atoms with Gasteiger partial charge in [0.2, 0.25) is 0 Å². The summed E-state index contributed by atoms with van der Waals surface area (Å²) in [7, 11) is -0.342. The number of para-hydroxylation sites is 1. The molecule has 5 aromatic rings. The lowest BCUT2D eigenvalue weighted by Crippen LogP contribution is -2.00. The van der Waals surface area contributed by atoms with Crippen LogP contribution < -0.4 is 4.65 Å². The van der Waals surface area contributed by atoms with Crippen LogP contribution in [0.15, 0.2) is 83.3 Å². The minimum atomic E-state index is -0.342. The molecule has 0 saturated heterocycles. The topological polar surface area (TPSA) is 42.6 Å². The molecule has 5 rings (SSSR count). The number of rotatable bonds is 3. The van der Waals surface area contributed by atoms with Gasteiger partial charge in [-0.2, -0.15) is 0 Å². The van der Waals surface area contributed by atoms with Gasteiger partial charge in [-0.25, -0.2) is 0 Å². The molecular formula is C22H15BO3. The Kier molecular flexibility index (Phi) is 3.44. The van der Waals surface area contributed by atoms with Gasteiger partial charge in [-0.05, 0) is 34.7 Å². The summed E-state index contributed by atoms with van der Waals surface area (Å²) in [5.74, 6) is 0.677. The predicted molar refractivity (Wildman–Crippen MR) is 107 cm³/mol. The van der Waals surface area contributed by atoms with Crippen LogP contribution >= 0.6 is 0 Å². The smallest absolute Gasteiger partial charge is 0.504 e. The van der Waals surface area contributed by atoms with Crippen molar-refractivity contribution in [2.24, 2.45) is 0 Å². The highest BCUT2D eigenvalue weighted by atomic mass is 16.5. The molecule has 0 spiro atoms. The first kappa shape index (κ1) is 15.1. The van der Waals surface area contributed by atoms with Crippen LogP contribution in [0.3, 0.4) is 0 Å². The summed E-state index contributed by atoms with van der Waals surface area (Å²) in [4.78, 5) is 0. The summed E-state index contributed by atoms with van der Waals surface area (Å²) in [5, 5.41) is 13.4. The van der Waals surface area contributed by atoms with E-state index in [0.717, 1.165) is 43.8 Å². The molecule has 1 heterocycles. The molecule has 0 aliphatic carbocycles. The molecule has 0 saturated carbocycles. The Balaban J connectivity index is 1.88. The Morgan fingerprint density at radius 1 is 0.654 bits per heavy atom. The van der Waals surface area contributed by atoms with Gasteiger partial charge in [0.1, 0.15) is 16.9 Å². The molecule has 0 aliphatic rings. The average Bonchev–Trinajstić information content (AvgIpc) is 3.07. The van der Waals surface area contributed by atoms with E-state index in [2.05, 4.69) is 18.2 Å². The van der Waals surface area contributed by atoms with Crippen LogP contribution in [0.1, 0.15) is 0 Å². The third-order valence-corrected chi connectivity index (χ3v) is 4.80. The highest BCUT2D eigenvalue weighted by molar-refractivity contribution is 6.19. The normalized spacial score (nSPS) is 11.3. The molecule has 1 aromatic heterocycles. The summed E-state index contributed by atoms with van der Waals surface area (Å²) < 4.78 is 11.4. The minimum absolute atomic E-state index is 0.342. The molecule has 0 fully saturated rings. The lowest BCUT2D eigenvalue weighted by atomic mass is 9.94. The van der Waals surface area contributed by atoms with E-state index in [9.17, 15) is 0 Å². The molecule has 124 valence electrons. The van der Waals surface area contributed by atoms with Gasteiger partial charge in [0.05, 0.1) is 0 Å². The van der Waals surface area contributed by atoms with E-state index in [4.69, 9.17) is 14.1 Å². The van der Waals surface area contributed by atoms with E-state index in [1.54, 1.807) is 0 Å². The fourth-order valence-corrected chi connectivity index (χ4v) is 3.70. The molecule has 3 nitrogen and oxygen atoms in total. The van der Waals surface area contributed by atoms with Crippen LogP contribution in [-0.4, -0.2) is 12.7 Å². The molecular weight excluding hydrogens is 323 g/mol. The zero-order valence-electron chi connectivity index (χ0n) is 14.0. The molecule has 4 heteroatoms. The quantitative estimate of drug-likeness (QED) is 0.469. The fraction of sp³-hybridized carbons (Fsp3) is 0. The second-order valence-electron chi connectivity index (χ2n) is 6.21. The van der Waals surface area contributed by atoms with Crippen LogP contribution in [0.2, 0.25) is 0 Å². The SMILES string of the molecule is OBOc1ccc(-c2cccc3oc4ccccc4c23)c2ccccc12. The fourth-order valence-electron chi connectivity index (χ4n) is 3.70. The molecule has 4 aromatic carbocycles. The molecule has 0 radical (unpaired) electrons. The van der Waals surface area contributed by atoms with Crippen molar-refractivity contribution in [3.8, 4) is 16.9 Å². The number of furan rings is 1. The lowest BCUT2D eigenvalue weighted by Gasteiger charge is -2.12. The van der Waals surface area contributed by atoms with Crippen LogP contribution in [0.4, 0.5) is 0 Å². The van der Waals surface area contributed by atoms with E-state index in [1.165, 1.54) is 0 Å². The maximum atomic E-state index is 9.16. The minimum Gasteiger partial charge on any atom is -0.538 e. The molecule has 0 unspecified atom stereocenters. The van der Waals surface area contributed by atoms with Gasteiger partial charge >= 0.3 is 7.69 Å². The Morgan fingerprint density at radius 2 is 1.38 bits per heavy atom. The summed E-state index contributed by atoms with van der Waals surface area (Å²) in [6, 6.07) is 26.3. The second kappa shape index (κ2) is 5.93. The van der Waals surface area contributed by atoms with Crippen molar-refractivity contribution in [2.75, 3.05) is 0 Å². The van der Waals surface area contributed by atoms with Crippen molar-refractivity contribution in [3.63, 3.8) is 0 Å². The Labute approximate surface area is 150 Å². The van der Waals surface area contributed by atoms with Gasteiger partial charge in [0, 0.05) is 16.2 Å². The largest absolute Gasteiger partial charge is 0.538 e. The zero-order valence-corrected chi connectivity index (χ0v) is 14.0. The molecule has 1 N–H and O–H groups in total. The lowest BCUT2D eigenvalue weighted by molar-refractivity contribution is 0.457. The predicted octanol–water partition coefficient (Wildman–Crippen LogP) is 5.04. The van der Waals surface area contributed by atoms with Gasteiger partial charge in [-0.1, -0.05) is 60.7 Å². The van der Waals surface area contributed by atoms with Crippen molar-refractivity contribution < 1.29 is 14.1 Å². The van der Waals surface area contributed by atoms with Crippen LogP contribution in [0, 0.1) is 0 Å². The Hall–Kier alpha value is -3.24. The molecule has 0 bridgehead atoms. The zero-order chi connectivity index (χ0) is 17.5. The molecule has 0 amide bonds. The van der Waals surface area contributed by atoms with E-state index >= 15 is 0 Å². The summed E-state index contributed by atoms with van der Waals surface area (Å²) in [6.07, 6.45) is 0. The van der Waals surface area contributed by atoms with E-state index in [0.29, 0.717) is 5.75 Å². The van der Waals surface area contributed by atoms with Crippen LogP contribution in [0.25, 0.3) is 43.8 Å². The number of benzene rings is 4. The van der Waals surface area contributed by atoms with E-state index < -0.39 is 0 Å². The monoisotopic (exact) mass is 338 g/mol. The number of hydrogen-bond donors (Lipinski definition) is 1. The van der Waals surface area contributed by atoms with Gasteiger partial charge in [0.25, 0.3) is 0 Å². The van der Waals surface area contributed by atoms with Crippen molar-refractivity contribution in [1.29, 1.82) is 0 Å². The molecule has 0 atom stereocenters. The Bertz CT molecular complexity index is 1260. The average molecular weight is 338 g/mol. The first-order valence-electron chi connectivity index (χ1n) is 8.53. The molecule has 0 aliphatic heterocycles. The van der Waals surface area contributed by atoms with Crippen molar-refractivity contribution in [3.05, 3.63) is 78.9 Å². The van der Waals surface area contributed by atoms with Crippen LogP contribution in [0.5, 0.6) is 5.75 Å². The van der Waals surface area contributed by atoms with Gasteiger partial charge < -0.3 is 14.1 Å². The highest BCUT2D eigenvalue weighted by Crippen LogP contribution is 2.40. The van der Waals surface area contributed by atoms with Gasteiger partial charge in [0.15, 0.2) is 0 Å². The number of fused-ring (bicyclic) bond motifs is 4. The summed E-state index contributed by atoms with van der Waals surface area (Å²) in [5.41, 5.74) is 4.00. The standard InChI is InChI=1S/C22H15BO3/c24-23-26-20-13-12-15(14-6-1-2-7-16(14)20)17-9-5-11-21-22(17)18-8-3-4-10-19(18)25-21/h1-13,23-24H. The maximum absolute atomic E-state index is 9.16. The van der Waals surface area contributed by atoms with Crippen molar-refractivity contribution in [1.82, 2.24) is 0 Å². The summed E-state index contributed by atoms with van der Waals surface area (Å²) in [6.45, 7) is 0. The second-order valence-corrected chi connectivity index (χ2v) is 6.21. The first-order valence-corrected chi connectivity index (χ1v) is 8.53. The van der Waals surface area contributed by atoms with Gasteiger partial charge in [-0.3, -0.25) is 0 Å². The third-order valence-electron chi connectivity index (χ3n) is 4.80. The van der Waals surface area contributed by atoms with Crippen molar-refractivity contribution in [2.45, 2.75) is 0 Å². The van der Waals surface area contributed by atoms with Crippen LogP contribution in [-0.2, 0) is 0 Å². The van der Waals surface area contributed by atoms with E-state index in [1.807, 2.05) is 60.7 Å². The van der Waals surface area contributed by atoms with Crippen molar-refractivity contribution >= 4 is 40.4 Å². The Morgan fingerprint density at radius 3 is 2.23 bits per heavy atom. The number of hydrogen-bond acceptors (Lipinski definition) is 3. The van der Waals surface area contributed by atoms with E-state index in [-0.39, 0.29) is 7.69 Å². The third kappa shape index (κ3) is 2.20. The van der Waals surface area contributed by atoms with Gasteiger partial charge in [-0.15, -0.1) is 0 Å². The highest BCUT2D eigenvalue weighted by Gasteiger charge is 2.15. The first-order chi connectivity index (χ1) is 12.9. The summed E-state index contributed by atoms with van der Waals surface area (Å²) >= 11 is 0. The molecule has 26 heavy (non-hydrogen) atoms.